The topological polar surface area (TPSA) is 46.9 Å². The SMILES string of the molecule is Cn1ccnc1[C@@H](NC(=O)Cc1c(Cl)cccc1Cl)c1cccc(F)c1. The van der Waals surface area contributed by atoms with Gasteiger partial charge in [0, 0.05) is 29.5 Å². The van der Waals surface area contributed by atoms with E-state index < -0.39 is 6.04 Å². The molecule has 3 rings (SSSR count). The van der Waals surface area contributed by atoms with Crippen molar-refractivity contribution in [3.05, 3.63) is 87.7 Å². The second kappa shape index (κ2) is 7.89. The Hall–Kier alpha value is -2.37. The lowest BCUT2D eigenvalue weighted by atomic mass is 10.0. The number of nitrogens with one attached hydrogen (secondary N) is 1. The van der Waals surface area contributed by atoms with E-state index >= 15 is 0 Å². The van der Waals surface area contributed by atoms with Crippen molar-refractivity contribution >= 4 is 29.1 Å². The van der Waals surface area contributed by atoms with E-state index in [0.717, 1.165) is 0 Å². The van der Waals surface area contributed by atoms with Crippen LogP contribution in [-0.4, -0.2) is 15.5 Å². The molecule has 4 nitrogen and oxygen atoms in total. The highest BCUT2D eigenvalue weighted by Crippen LogP contribution is 2.26. The third-order valence-electron chi connectivity index (χ3n) is 4.00. The maximum absolute atomic E-state index is 13.7. The Bertz CT molecular complexity index is 922. The molecule has 1 heterocycles. The number of nitrogens with zero attached hydrogens (tertiary/aromatic N) is 2. The molecule has 0 aliphatic carbocycles. The number of halogens is 3. The predicted molar refractivity (Wildman–Crippen MR) is 99.8 cm³/mol. The van der Waals surface area contributed by atoms with Crippen LogP contribution in [0.4, 0.5) is 4.39 Å². The molecule has 1 amide bonds. The summed E-state index contributed by atoms with van der Waals surface area (Å²) in [5.41, 5.74) is 1.14. The van der Waals surface area contributed by atoms with Crippen LogP contribution in [0.25, 0.3) is 0 Å². The molecule has 1 atom stereocenters. The van der Waals surface area contributed by atoms with Gasteiger partial charge in [0.05, 0.1) is 6.42 Å². The van der Waals surface area contributed by atoms with Crippen LogP contribution in [0.1, 0.15) is 23.0 Å². The van der Waals surface area contributed by atoms with Gasteiger partial charge in [0.15, 0.2) is 0 Å². The van der Waals surface area contributed by atoms with Gasteiger partial charge in [-0.15, -0.1) is 0 Å². The molecule has 3 aromatic rings. The number of rotatable bonds is 5. The highest BCUT2D eigenvalue weighted by atomic mass is 35.5. The van der Waals surface area contributed by atoms with Crippen LogP contribution in [0.2, 0.25) is 10.0 Å². The third kappa shape index (κ3) is 4.06. The molecule has 0 bridgehead atoms. The number of amides is 1. The zero-order valence-electron chi connectivity index (χ0n) is 13.9. The van der Waals surface area contributed by atoms with E-state index in [9.17, 15) is 9.18 Å². The molecule has 0 aliphatic rings. The summed E-state index contributed by atoms with van der Waals surface area (Å²) in [5, 5.41) is 3.75. The largest absolute Gasteiger partial charge is 0.342 e. The fourth-order valence-electron chi connectivity index (χ4n) is 2.71. The molecular weight excluding hydrogens is 376 g/mol. The fraction of sp³-hybridized carbons (Fsp3) is 0.158. The minimum absolute atomic E-state index is 0.00868. The number of aryl methyl sites for hydroxylation is 1. The second-order valence-electron chi connectivity index (χ2n) is 5.83. The van der Waals surface area contributed by atoms with Gasteiger partial charge in [-0.25, -0.2) is 9.37 Å². The predicted octanol–water partition coefficient (Wildman–Crippen LogP) is 4.31. The second-order valence-corrected chi connectivity index (χ2v) is 6.64. The van der Waals surface area contributed by atoms with Crippen molar-refractivity contribution in [2.75, 3.05) is 0 Å². The average molecular weight is 392 g/mol. The van der Waals surface area contributed by atoms with Gasteiger partial charge in [0.2, 0.25) is 5.91 Å². The van der Waals surface area contributed by atoms with E-state index in [0.29, 0.717) is 27.0 Å². The number of hydrogen-bond donors (Lipinski definition) is 1. The van der Waals surface area contributed by atoms with Gasteiger partial charge in [-0.1, -0.05) is 41.4 Å². The lowest BCUT2D eigenvalue weighted by molar-refractivity contribution is -0.121. The number of imidazole rings is 1. The lowest BCUT2D eigenvalue weighted by Crippen LogP contribution is -2.32. The molecule has 0 saturated carbocycles. The summed E-state index contributed by atoms with van der Waals surface area (Å²) in [6, 6.07) is 10.5. The average Bonchev–Trinajstić information content (AvgIpc) is 3.02. The number of hydrogen-bond acceptors (Lipinski definition) is 2. The summed E-state index contributed by atoms with van der Waals surface area (Å²) >= 11 is 12.3. The monoisotopic (exact) mass is 391 g/mol. The van der Waals surface area contributed by atoms with Gasteiger partial charge in [-0.05, 0) is 35.4 Å². The first-order chi connectivity index (χ1) is 12.5. The van der Waals surface area contributed by atoms with Crippen LogP contribution < -0.4 is 5.32 Å². The molecular formula is C19H16Cl2FN3O. The smallest absolute Gasteiger partial charge is 0.225 e. The van der Waals surface area contributed by atoms with E-state index in [1.54, 1.807) is 47.3 Å². The molecule has 134 valence electrons. The molecule has 26 heavy (non-hydrogen) atoms. The highest BCUT2D eigenvalue weighted by Gasteiger charge is 2.22. The van der Waals surface area contributed by atoms with E-state index in [2.05, 4.69) is 10.3 Å². The third-order valence-corrected chi connectivity index (χ3v) is 4.71. The van der Waals surface area contributed by atoms with Crippen molar-refractivity contribution in [2.45, 2.75) is 12.5 Å². The first-order valence-electron chi connectivity index (χ1n) is 7.90. The van der Waals surface area contributed by atoms with Crippen LogP contribution >= 0.6 is 23.2 Å². The van der Waals surface area contributed by atoms with Gasteiger partial charge in [-0.2, -0.15) is 0 Å². The van der Waals surface area contributed by atoms with Crippen LogP contribution in [0.5, 0.6) is 0 Å². The maximum Gasteiger partial charge on any atom is 0.225 e. The Balaban J connectivity index is 1.89. The Morgan fingerprint density at radius 1 is 1.23 bits per heavy atom. The molecule has 1 N–H and O–H groups in total. The van der Waals surface area contributed by atoms with Gasteiger partial charge in [0.1, 0.15) is 17.7 Å². The molecule has 0 unspecified atom stereocenters. The van der Waals surface area contributed by atoms with Crippen LogP contribution in [0.15, 0.2) is 54.9 Å². The first kappa shape index (κ1) is 18.4. The zero-order chi connectivity index (χ0) is 18.7. The molecule has 2 aromatic carbocycles. The fourth-order valence-corrected chi connectivity index (χ4v) is 3.24. The first-order valence-corrected chi connectivity index (χ1v) is 8.66. The molecule has 1 aromatic heterocycles. The summed E-state index contributed by atoms with van der Waals surface area (Å²) in [4.78, 5) is 16.9. The number of aromatic nitrogens is 2. The minimum atomic E-state index is -0.598. The van der Waals surface area contributed by atoms with E-state index in [-0.39, 0.29) is 18.1 Å². The number of carbonyl (C=O) groups excluding carboxylic acids is 1. The molecule has 0 fully saturated rings. The van der Waals surface area contributed by atoms with Crippen LogP contribution in [-0.2, 0) is 18.3 Å². The van der Waals surface area contributed by atoms with Crippen molar-refractivity contribution in [1.82, 2.24) is 14.9 Å². The van der Waals surface area contributed by atoms with E-state index in [1.807, 2.05) is 7.05 Å². The number of carbonyl (C=O) groups is 1. The normalized spacial score (nSPS) is 12.0. The molecule has 7 heteroatoms. The number of benzene rings is 2. The van der Waals surface area contributed by atoms with E-state index in [1.165, 1.54) is 12.1 Å². The zero-order valence-corrected chi connectivity index (χ0v) is 15.4. The van der Waals surface area contributed by atoms with E-state index in [4.69, 9.17) is 23.2 Å². The van der Waals surface area contributed by atoms with Crippen molar-refractivity contribution in [2.24, 2.45) is 7.05 Å². The standard InChI is InChI=1S/C19H16Cl2FN3O/c1-25-9-8-23-19(25)18(12-4-2-5-13(22)10-12)24-17(26)11-14-15(20)6-3-7-16(14)21/h2-10,18H,11H2,1H3,(H,24,26)/t18-/m0/s1. The molecule has 0 spiro atoms. The Labute approximate surface area is 160 Å². The highest BCUT2D eigenvalue weighted by molar-refractivity contribution is 6.36. The van der Waals surface area contributed by atoms with Crippen molar-refractivity contribution in [3.8, 4) is 0 Å². The Morgan fingerprint density at radius 2 is 1.92 bits per heavy atom. The maximum atomic E-state index is 13.7. The van der Waals surface area contributed by atoms with Crippen LogP contribution in [0, 0.1) is 5.82 Å². The quantitative estimate of drug-likeness (QED) is 0.703. The van der Waals surface area contributed by atoms with Gasteiger partial charge in [0.25, 0.3) is 0 Å². The van der Waals surface area contributed by atoms with Gasteiger partial charge >= 0.3 is 0 Å². The van der Waals surface area contributed by atoms with Crippen molar-refractivity contribution in [3.63, 3.8) is 0 Å². The molecule has 0 radical (unpaired) electrons. The van der Waals surface area contributed by atoms with Crippen LogP contribution in [0.3, 0.4) is 0 Å². The lowest BCUT2D eigenvalue weighted by Gasteiger charge is -2.19. The summed E-state index contributed by atoms with van der Waals surface area (Å²) in [5.74, 6) is -0.0865. The summed E-state index contributed by atoms with van der Waals surface area (Å²) in [7, 11) is 1.81. The van der Waals surface area contributed by atoms with Crippen molar-refractivity contribution in [1.29, 1.82) is 0 Å². The summed E-state index contributed by atoms with van der Waals surface area (Å²) in [6.07, 6.45) is 3.40. The van der Waals surface area contributed by atoms with Crippen molar-refractivity contribution < 1.29 is 9.18 Å². The molecule has 0 saturated heterocycles. The Morgan fingerprint density at radius 3 is 2.54 bits per heavy atom. The summed E-state index contributed by atoms with van der Waals surface area (Å²) in [6.45, 7) is 0. The Kier molecular flexibility index (Phi) is 5.59. The van der Waals surface area contributed by atoms with Gasteiger partial charge in [-0.3, -0.25) is 4.79 Å². The summed E-state index contributed by atoms with van der Waals surface area (Å²) < 4.78 is 15.5. The molecule has 0 aliphatic heterocycles. The van der Waals surface area contributed by atoms with Gasteiger partial charge < -0.3 is 9.88 Å². The minimum Gasteiger partial charge on any atom is -0.342 e.